The predicted molar refractivity (Wildman–Crippen MR) is 113 cm³/mol. The van der Waals surface area contributed by atoms with Gasteiger partial charge >= 0.3 is 5.97 Å². The van der Waals surface area contributed by atoms with Gasteiger partial charge in [0.15, 0.2) is 5.41 Å². The number of benzene rings is 3. The zero-order valence-electron chi connectivity index (χ0n) is 15.7. The largest absolute Gasteiger partial charge is 0.465 e. The van der Waals surface area contributed by atoms with E-state index in [1.54, 1.807) is 6.92 Å². The van der Waals surface area contributed by atoms with Crippen LogP contribution in [-0.2, 0) is 14.9 Å². The first-order valence-corrected chi connectivity index (χ1v) is 10.1. The topological polar surface area (TPSA) is 73.9 Å². The van der Waals surface area contributed by atoms with Crippen molar-refractivity contribution in [2.45, 2.75) is 18.3 Å². The lowest BCUT2D eigenvalue weighted by Gasteiger charge is -2.15. The van der Waals surface area contributed by atoms with E-state index in [1.807, 2.05) is 66.7 Å². The van der Waals surface area contributed by atoms with E-state index in [1.165, 1.54) is 0 Å². The van der Waals surface area contributed by atoms with Crippen molar-refractivity contribution >= 4 is 32.7 Å². The number of hydrogen-bond acceptors (Lipinski definition) is 4. The molecule has 1 saturated carbocycles. The number of rotatable bonds is 4. The van der Waals surface area contributed by atoms with Gasteiger partial charge in [0.1, 0.15) is 5.41 Å². The Morgan fingerprint density at radius 1 is 1.03 bits per heavy atom. The number of hydrogen-bond donors (Lipinski definition) is 0. The summed E-state index contributed by atoms with van der Waals surface area (Å²) in [4.78, 5) is 13.1. The van der Waals surface area contributed by atoms with Crippen LogP contribution in [0.1, 0.15) is 24.0 Å². The van der Waals surface area contributed by atoms with Crippen molar-refractivity contribution in [1.82, 2.24) is 0 Å². The Balaban J connectivity index is 2.03. The molecule has 0 bridgehead atoms. The highest BCUT2D eigenvalue weighted by molar-refractivity contribution is 9.10. The molecule has 0 heterocycles. The van der Waals surface area contributed by atoms with Crippen LogP contribution in [0.2, 0.25) is 0 Å². The molecule has 5 heteroatoms. The number of nitriles is 2. The molecule has 0 aliphatic heterocycles. The lowest BCUT2D eigenvalue weighted by atomic mass is 9.84. The van der Waals surface area contributed by atoms with Crippen LogP contribution in [0.5, 0.6) is 0 Å². The molecule has 0 unspecified atom stereocenters. The molecule has 0 radical (unpaired) electrons. The first-order chi connectivity index (χ1) is 14.1. The fourth-order valence-corrected chi connectivity index (χ4v) is 4.77. The Bertz CT molecular complexity index is 1190. The number of carbonyl (C=O) groups excluding carboxylic acids is 1. The van der Waals surface area contributed by atoms with Crippen molar-refractivity contribution in [3.63, 3.8) is 0 Å². The molecule has 0 aromatic heterocycles. The summed E-state index contributed by atoms with van der Waals surface area (Å²) < 4.78 is 6.19. The summed E-state index contributed by atoms with van der Waals surface area (Å²) in [6.07, 6.45) is 0. The van der Waals surface area contributed by atoms with E-state index in [-0.39, 0.29) is 6.61 Å². The van der Waals surface area contributed by atoms with Crippen molar-refractivity contribution in [3.8, 4) is 12.1 Å². The first kappa shape index (κ1) is 19.2. The molecule has 1 aliphatic rings. The molecule has 0 saturated heterocycles. The van der Waals surface area contributed by atoms with Gasteiger partial charge in [-0.25, -0.2) is 0 Å². The van der Waals surface area contributed by atoms with Crippen molar-refractivity contribution in [2.75, 3.05) is 6.61 Å². The number of carbonyl (C=O) groups is 1. The fraction of sp³-hybridized carbons (Fsp3) is 0.208. The number of halogens is 1. The summed E-state index contributed by atoms with van der Waals surface area (Å²) in [6.45, 7) is 1.85. The Morgan fingerprint density at radius 3 is 2.38 bits per heavy atom. The quantitative estimate of drug-likeness (QED) is 0.516. The van der Waals surface area contributed by atoms with Gasteiger partial charge in [0.05, 0.1) is 18.7 Å². The number of fused-ring (bicyclic) bond motifs is 1. The Morgan fingerprint density at radius 2 is 1.72 bits per heavy atom. The van der Waals surface area contributed by atoms with Gasteiger partial charge in [-0.3, -0.25) is 4.79 Å². The van der Waals surface area contributed by atoms with Gasteiger partial charge in [-0.1, -0.05) is 70.5 Å². The lowest BCUT2D eigenvalue weighted by Crippen LogP contribution is -2.27. The van der Waals surface area contributed by atoms with Crippen LogP contribution in [0, 0.1) is 28.1 Å². The molecule has 1 fully saturated rings. The minimum Gasteiger partial charge on any atom is -0.465 e. The normalized spacial score (nSPS) is 25.0. The highest BCUT2D eigenvalue weighted by Crippen LogP contribution is 2.75. The number of nitrogens with zero attached hydrogens (tertiary/aromatic N) is 2. The molecule has 1 aliphatic carbocycles. The second-order valence-corrected chi connectivity index (χ2v) is 7.99. The molecule has 142 valence electrons. The summed E-state index contributed by atoms with van der Waals surface area (Å²) in [5, 5.41) is 22.5. The smallest absolute Gasteiger partial charge is 0.329 e. The molecular weight excluding hydrogens is 428 g/mol. The minimum atomic E-state index is -1.60. The maximum Gasteiger partial charge on any atom is 0.329 e. The average molecular weight is 445 g/mol. The van der Waals surface area contributed by atoms with Crippen LogP contribution in [-0.4, -0.2) is 12.6 Å². The van der Waals surface area contributed by atoms with E-state index < -0.39 is 22.7 Å². The van der Waals surface area contributed by atoms with Crippen LogP contribution in [0.4, 0.5) is 0 Å². The SMILES string of the molecule is CCOC(=O)[C@@]1(C#N)[C@H](c2ccc(Br)cc2)[C@]1(C#N)c1cccc2ccccc12. The Kier molecular flexibility index (Phi) is 4.65. The third-order valence-corrected chi connectivity index (χ3v) is 6.30. The first-order valence-electron chi connectivity index (χ1n) is 9.30. The van der Waals surface area contributed by atoms with E-state index in [4.69, 9.17) is 4.74 Å². The van der Waals surface area contributed by atoms with Gasteiger partial charge in [-0.05, 0) is 41.0 Å². The van der Waals surface area contributed by atoms with Crippen LogP contribution >= 0.6 is 15.9 Å². The summed E-state index contributed by atoms with van der Waals surface area (Å²) in [7, 11) is 0. The molecule has 3 aromatic carbocycles. The molecule has 3 atom stereocenters. The third kappa shape index (κ3) is 2.51. The van der Waals surface area contributed by atoms with Crippen molar-refractivity contribution in [3.05, 3.63) is 82.3 Å². The molecular formula is C24H17BrN2O2. The maximum atomic E-state index is 13.1. The molecule has 4 nitrogen and oxygen atoms in total. The molecule has 0 N–H and O–H groups in total. The van der Waals surface area contributed by atoms with Gasteiger partial charge in [-0.2, -0.15) is 10.5 Å². The Hall–Kier alpha value is -3.15. The van der Waals surface area contributed by atoms with Gasteiger partial charge in [-0.15, -0.1) is 0 Å². The standard InChI is InChI=1S/C24H17BrN2O2/c1-2-29-22(28)24(15-27)21(17-10-12-18(25)13-11-17)23(24,14-26)20-9-5-7-16-6-3-4-8-19(16)20/h3-13,21H,2H2,1H3/t21-,23+,24-/m1/s1. The highest BCUT2D eigenvalue weighted by atomic mass is 79.9. The number of esters is 1. The summed E-state index contributed by atoms with van der Waals surface area (Å²) in [5.41, 5.74) is -1.49. The van der Waals surface area contributed by atoms with E-state index in [2.05, 4.69) is 28.1 Å². The van der Waals surface area contributed by atoms with Crippen LogP contribution in [0.25, 0.3) is 10.8 Å². The van der Waals surface area contributed by atoms with E-state index in [9.17, 15) is 15.3 Å². The lowest BCUT2D eigenvalue weighted by molar-refractivity contribution is -0.148. The van der Waals surface area contributed by atoms with E-state index >= 15 is 0 Å². The monoisotopic (exact) mass is 444 g/mol. The van der Waals surface area contributed by atoms with Crippen LogP contribution in [0.3, 0.4) is 0 Å². The number of ether oxygens (including phenoxy) is 1. The van der Waals surface area contributed by atoms with Gasteiger partial charge in [0.25, 0.3) is 0 Å². The Labute approximate surface area is 177 Å². The predicted octanol–water partition coefficient (Wildman–Crippen LogP) is 5.23. The summed E-state index contributed by atoms with van der Waals surface area (Å²) >= 11 is 3.42. The minimum absolute atomic E-state index is 0.145. The maximum absolute atomic E-state index is 13.1. The van der Waals surface area contributed by atoms with Crippen molar-refractivity contribution < 1.29 is 9.53 Å². The van der Waals surface area contributed by atoms with Crippen molar-refractivity contribution in [2.24, 2.45) is 5.41 Å². The molecule has 3 aromatic rings. The second kappa shape index (κ2) is 7.03. The summed E-state index contributed by atoms with van der Waals surface area (Å²) in [6, 6.07) is 25.3. The highest BCUT2D eigenvalue weighted by Gasteiger charge is 2.85. The molecule has 4 rings (SSSR count). The average Bonchev–Trinajstić information content (AvgIpc) is 3.38. The second-order valence-electron chi connectivity index (χ2n) is 7.07. The van der Waals surface area contributed by atoms with Gasteiger partial charge in [0.2, 0.25) is 0 Å². The molecule has 0 amide bonds. The van der Waals surface area contributed by atoms with Crippen LogP contribution < -0.4 is 0 Å². The van der Waals surface area contributed by atoms with Crippen LogP contribution in [0.15, 0.2) is 71.2 Å². The zero-order chi connectivity index (χ0) is 20.6. The molecule has 29 heavy (non-hydrogen) atoms. The van der Waals surface area contributed by atoms with Gasteiger partial charge in [0, 0.05) is 10.4 Å². The zero-order valence-corrected chi connectivity index (χ0v) is 17.3. The molecule has 0 spiro atoms. The third-order valence-electron chi connectivity index (χ3n) is 5.77. The fourth-order valence-electron chi connectivity index (χ4n) is 4.50. The van der Waals surface area contributed by atoms with Gasteiger partial charge < -0.3 is 4.74 Å². The summed E-state index contributed by atoms with van der Waals surface area (Å²) in [5.74, 6) is -1.27. The van der Waals surface area contributed by atoms with E-state index in [0.717, 1.165) is 20.8 Å². The van der Waals surface area contributed by atoms with E-state index in [0.29, 0.717) is 5.56 Å². The van der Waals surface area contributed by atoms with Crippen molar-refractivity contribution in [1.29, 1.82) is 10.5 Å².